The molecular formula is C16H15Br. The van der Waals surface area contributed by atoms with E-state index < -0.39 is 0 Å². The Labute approximate surface area is 110 Å². The summed E-state index contributed by atoms with van der Waals surface area (Å²) in [6.45, 7) is 0. The highest BCUT2D eigenvalue weighted by atomic mass is 79.9. The summed E-state index contributed by atoms with van der Waals surface area (Å²) in [6.07, 6.45) is 5.23. The van der Waals surface area contributed by atoms with Crippen molar-refractivity contribution in [3.05, 3.63) is 47.0 Å². The Balaban J connectivity index is 1.99. The van der Waals surface area contributed by atoms with E-state index in [0.717, 1.165) is 5.92 Å². The summed E-state index contributed by atoms with van der Waals surface area (Å²) >= 11 is 3.90. The maximum absolute atomic E-state index is 3.90. The molecule has 2 aromatic carbocycles. The van der Waals surface area contributed by atoms with Crippen LogP contribution in [0.2, 0.25) is 0 Å². The molecule has 2 aliphatic rings. The van der Waals surface area contributed by atoms with Gasteiger partial charge < -0.3 is 0 Å². The molecule has 0 aromatic heterocycles. The maximum atomic E-state index is 3.90. The van der Waals surface area contributed by atoms with Gasteiger partial charge in [-0.25, -0.2) is 0 Å². The van der Waals surface area contributed by atoms with E-state index in [4.69, 9.17) is 0 Å². The first kappa shape index (κ1) is 10.1. The van der Waals surface area contributed by atoms with Crippen LogP contribution >= 0.6 is 15.9 Å². The summed E-state index contributed by atoms with van der Waals surface area (Å²) in [6, 6.07) is 11.5. The number of halogens is 1. The Morgan fingerprint density at radius 2 is 1.76 bits per heavy atom. The fourth-order valence-electron chi connectivity index (χ4n) is 3.15. The molecule has 4 rings (SSSR count). The zero-order valence-corrected chi connectivity index (χ0v) is 11.3. The van der Waals surface area contributed by atoms with Crippen LogP contribution < -0.4 is 0 Å². The Kier molecular flexibility index (Phi) is 2.14. The lowest BCUT2D eigenvalue weighted by molar-refractivity contribution is 0.828. The first-order valence-corrected chi connectivity index (χ1v) is 7.43. The van der Waals surface area contributed by atoms with Gasteiger partial charge in [-0.1, -0.05) is 46.3 Å². The van der Waals surface area contributed by atoms with E-state index in [1.807, 2.05) is 0 Å². The molecule has 1 heteroatoms. The van der Waals surface area contributed by atoms with Crippen LogP contribution in [0.25, 0.3) is 10.8 Å². The van der Waals surface area contributed by atoms with Crippen molar-refractivity contribution in [3.63, 3.8) is 0 Å². The standard InChI is InChI=1S/C16H15Br/c17-16(12-6-7-12)14-9-8-11-5-4-10-2-1-3-13(14)15(10)11/h1-3,8-9,12,16H,4-7H2. The van der Waals surface area contributed by atoms with E-state index in [0.29, 0.717) is 4.83 Å². The second-order valence-corrected chi connectivity index (χ2v) is 6.38. The van der Waals surface area contributed by atoms with Crippen molar-refractivity contribution < 1.29 is 0 Å². The molecule has 86 valence electrons. The molecule has 0 saturated heterocycles. The number of aryl methyl sites for hydroxylation is 2. The molecule has 0 radical (unpaired) electrons. The molecule has 0 amide bonds. The van der Waals surface area contributed by atoms with Crippen LogP contribution in [0.5, 0.6) is 0 Å². The molecule has 0 N–H and O–H groups in total. The second kappa shape index (κ2) is 3.58. The van der Waals surface area contributed by atoms with Crippen LogP contribution in [0.4, 0.5) is 0 Å². The highest BCUT2D eigenvalue weighted by Crippen LogP contribution is 2.48. The average Bonchev–Trinajstić information content (AvgIpc) is 3.13. The Bertz CT molecular complexity index is 585. The summed E-state index contributed by atoms with van der Waals surface area (Å²) < 4.78 is 0. The molecule has 0 bridgehead atoms. The van der Waals surface area contributed by atoms with Crippen molar-refractivity contribution in [2.45, 2.75) is 30.5 Å². The molecule has 0 nitrogen and oxygen atoms in total. The zero-order valence-electron chi connectivity index (χ0n) is 9.75. The zero-order chi connectivity index (χ0) is 11.4. The minimum Gasteiger partial charge on any atom is -0.0836 e. The van der Waals surface area contributed by atoms with Crippen molar-refractivity contribution in [2.75, 3.05) is 0 Å². The molecule has 0 spiro atoms. The number of hydrogen-bond acceptors (Lipinski definition) is 0. The summed E-state index contributed by atoms with van der Waals surface area (Å²) in [4.78, 5) is 0.562. The number of benzene rings is 2. The molecule has 17 heavy (non-hydrogen) atoms. The lowest BCUT2D eigenvalue weighted by Crippen LogP contribution is -1.94. The average molecular weight is 287 g/mol. The molecule has 1 unspecified atom stereocenters. The molecule has 1 fully saturated rings. The smallest absolute Gasteiger partial charge is 0.0429 e. The van der Waals surface area contributed by atoms with Crippen molar-refractivity contribution in [1.29, 1.82) is 0 Å². The van der Waals surface area contributed by atoms with Gasteiger partial charge in [0.2, 0.25) is 0 Å². The number of rotatable bonds is 2. The lowest BCUT2D eigenvalue weighted by Gasteiger charge is -2.13. The maximum Gasteiger partial charge on any atom is 0.0429 e. The fraction of sp³-hybridized carbons (Fsp3) is 0.375. The van der Waals surface area contributed by atoms with Crippen LogP contribution in [0.3, 0.4) is 0 Å². The molecular weight excluding hydrogens is 272 g/mol. The van der Waals surface area contributed by atoms with E-state index in [1.165, 1.54) is 36.6 Å². The summed E-state index contributed by atoms with van der Waals surface area (Å²) in [7, 11) is 0. The van der Waals surface area contributed by atoms with Gasteiger partial charge in [0.15, 0.2) is 0 Å². The Morgan fingerprint density at radius 1 is 1.00 bits per heavy atom. The Morgan fingerprint density at radius 3 is 2.53 bits per heavy atom. The van der Waals surface area contributed by atoms with Gasteiger partial charge in [-0.2, -0.15) is 0 Å². The predicted molar refractivity (Wildman–Crippen MR) is 75.7 cm³/mol. The minimum atomic E-state index is 0.562. The SMILES string of the molecule is BrC(c1ccc2c3c(cccc13)CC2)C1CC1. The largest absolute Gasteiger partial charge is 0.0836 e. The van der Waals surface area contributed by atoms with Gasteiger partial charge in [0.1, 0.15) is 0 Å². The minimum absolute atomic E-state index is 0.562. The highest BCUT2D eigenvalue weighted by molar-refractivity contribution is 9.09. The summed E-state index contributed by atoms with van der Waals surface area (Å²) in [5, 5.41) is 3.04. The van der Waals surface area contributed by atoms with E-state index in [-0.39, 0.29) is 0 Å². The van der Waals surface area contributed by atoms with E-state index >= 15 is 0 Å². The predicted octanol–water partition coefficient (Wildman–Crippen LogP) is 4.78. The van der Waals surface area contributed by atoms with Gasteiger partial charge in [0.25, 0.3) is 0 Å². The third-order valence-corrected chi connectivity index (χ3v) is 5.48. The van der Waals surface area contributed by atoms with Crippen molar-refractivity contribution in [3.8, 4) is 0 Å². The second-order valence-electron chi connectivity index (χ2n) is 5.39. The van der Waals surface area contributed by atoms with E-state index in [2.05, 4.69) is 46.3 Å². The molecule has 1 atom stereocenters. The van der Waals surface area contributed by atoms with Gasteiger partial charge in [-0.05, 0) is 59.1 Å². The quantitative estimate of drug-likeness (QED) is 0.697. The van der Waals surface area contributed by atoms with Crippen LogP contribution in [-0.4, -0.2) is 0 Å². The van der Waals surface area contributed by atoms with E-state index in [9.17, 15) is 0 Å². The molecule has 0 heterocycles. The monoisotopic (exact) mass is 286 g/mol. The Hall–Kier alpha value is -0.820. The van der Waals surface area contributed by atoms with Crippen molar-refractivity contribution >= 4 is 26.7 Å². The fourth-order valence-corrected chi connectivity index (χ4v) is 4.08. The molecule has 2 aromatic rings. The van der Waals surface area contributed by atoms with Crippen LogP contribution in [0.15, 0.2) is 30.3 Å². The van der Waals surface area contributed by atoms with Crippen LogP contribution in [-0.2, 0) is 12.8 Å². The normalized spacial score (nSPS) is 19.8. The first-order valence-electron chi connectivity index (χ1n) is 6.52. The van der Waals surface area contributed by atoms with Crippen LogP contribution in [0, 0.1) is 5.92 Å². The summed E-state index contributed by atoms with van der Waals surface area (Å²) in [5.74, 6) is 0.869. The topological polar surface area (TPSA) is 0 Å². The first-order chi connectivity index (χ1) is 8.34. The highest BCUT2D eigenvalue weighted by Gasteiger charge is 2.31. The van der Waals surface area contributed by atoms with Gasteiger partial charge in [0.05, 0.1) is 0 Å². The van der Waals surface area contributed by atoms with Crippen LogP contribution in [0.1, 0.15) is 34.4 Å². The van der Waals surface area contributed by atoms with Gasteiger partial charge in [-0.3, -0.25) is 0 Å². The van der Waals surface area contributed by atoms with Crippen molar-refractivity contribution in [1.82, 2.24) is 0 Å². The van der Waals surface area contributed by atoms with Crippen molar-refractivity contribution in [2.24, 2.45) is 5.92 Å². The third-order valence-electron chi connectivity index (χ3n) is 4.24. The molecule has 1 saturated carbocycles. The molecule has 2 aliphatic carbocycles. The lowest BCUT2D eigenvalue weighted by atomic mass is 9.97. The van der Waals surface area contributed by atoms with Gasteiger partial charge in [-0.15, -0.1) is 0 Å². The van der Waals surface area contributed by atoms with Gasteiger partial charge in [0, 0.05) is 4.83 Å². The number of alkyl halides is 1. The van der Waals surface area contributed by atoms with E-state index in [1.54, 1.807) is 16.5 Å². The number of hydrogen-bond donors (Lipinski definition) is 0. The summed E-state index contributed by atoms with van der Waals surface area (Å²) in [5.41, 5.74) is 4.61. The third kappa shape index (κ3) is 1.48. The molecule has 0 aliphatic heterocycles. The van der Waals surface area contributed by atoms with Gasteiger partial charge >= 0.3 is 0 Å².